The van der Waals surface area contributed by atoms with Crippen molar-refractivity contribution in [3.63, 3.8) is 0 Å². The number of nitrogens with one attached hydrogen (secondary N) is 2. The second-order valence-corrected chi connectivity index (χ2v) is 8.96. The minimum Gasteiger partial charge on any atom is -0.481 e. The van der Waals surface area contributed by atoms with Crippen molar-refractivity contribution in [2.24, 2.45) is 33.8 Å². The first-order valence-electron chi connectivity index (χ1n) is 12.5. The Bertz CT molecular complexity index is 697. The number of nitrogens with zero attached hydrogens (tertiary/aromatic N) is 2. The minimum absolute atomic E-state index is 0.0447. The number of aliphatic imine (C=N–C) groups is 1. The molecule has 0 spiro atoms. The molecule has 0 aliphatic carbocycles. The van der Waals surface area contributed by atoms with Crippen molar-refractivity contribution in [1.82, 2.24) is 10.2 Å². The molecule has 0 fully saturated rings. The van der Waals surface area contributed by atoms with Crippen molar-refractivity contribution in [3.8, 4) is 0 Å². The third-order valence-electron chi connectivity index (χ3n) is 5.97. The number of carbonyl (C=O) groups is 3. The second-order valence-electron chi connectivity index (χ2n) is 8.96. The van der Waals surface area contributed by atoms with E-state index in [1.165, 1.54) is 0 Å². The summed E-state index contributed by atoms with van der Waals surface area (Å²) in [5.74, 6) is -2.41. The van der Waals surface area contributed by atoms with Crippen molar-refractivity contribution in [1.29, 1.82) is 5.41 Å². The molecular formula is C23H46N8O4. The van der Waals surface area contributed by atoms with Crippen LogP contribution in [-0.2, 0) is 14.4 Å². The molecule has 12 nitrogen and oxygen atoms in total. The molecule has 2 amide bonds. The van der Waals surface area contributed by atoms with Crippen LogP contribution in [0.1, 0.15) is 84.5 Å². The van der Waals surface area contributed by atoms with E-state index in [0.717, 1.165) is 43.4 Å². The van der Waals surface area contributed by atoms with E-state index in [9.17, 15) is 19.5 Å². The van der Waals surface area contributed by atoms with Crippen molar-refractivity contribution >= 4 is 29.7 Å². The molecule has 0 radical (unpaired) electrons. The summed E-state index contributed by atoms with van der Waals surface area (Å²) in [7, 11) is 0. The van der Waals surface area contributed by atoms with Gasteiger partial charge in [0.25, 0.3) is 5.91 Å². The Morgan fingerprint density at radius 3 is 2.17 bits per heavy atom. The topological polar surface area (TPSA) is 227 Å². The predicted octanol–water partition coefficient (Wildman–Crippen LogP) is 0.826. The number of nitrogens with two attached hydrogens (primary N) is 4. The van der Waals surface area contributed by atoms with Crippen LogP contribution >= 0.6 is 0 Å². The Morgan fingerprint density at radius 2 is 1.63 bits per heavy atom. The molecular weight excluding hydrogens is 452 g/mol. The van der Waals surface area contributed by atoms with E-state index in [4.69, 9.17) is 28.3 Å². The van der Waals surface area contributed by atoms with Gasteiger partial charge in [-0.15, -0.1) is 0 Å². The lowest BCUT2D eigenvalue weighted by Gasteiger charge is -2.27. The molecule has 3 atom stereocenters. The Labute approximate surface area is 208 Å². The van der Waals surface area contributed by atoms with Crippen LogP contribution in [0.2, 0.25) is 0 Å². The number of amides is 2. The third kappa shape index (κ3) is 15.6. The summed E-state index contributed by atoms with van der Waals surface area (Å²) < 4.78 is 0. The molecule has 1 unspecified atom stereocenters. The molecule has 0 aliphatic rings. The van der Waals surface area contributed by atoms with Crippen LogP contribution in [0.5, 0.6) is 0 Å². The molecule has 202 valence electrons. The van der Waals surface area contributed by atoms with Gasteiger partial charge in [0, 0.05) is 25.6 Å². The summed E-state index contributed by atoms with van der Waals surface area (Å²) >= 11 is 0. The molecule has 0 aliphatic heterocycles. The molecule has 0 aromatic heterocycles. The van der Waals surface area contributed by atoms with Gasteiger partial charge in [-0.05, 0) is 31.6 Å². The zero-order valence-electron chi connectivity index (χ0n) is 21.3. The Hall–Kier alpha value is -2.89. The van der Waals surface area contributed by atoms with Gasteiger partial charge in [-0.25, -0.2) is 0 Å². The summed E-state index contributed by atoms with van der Waals surface area (Å²) in [6.07, 6.45) is 6.96. The molecule has 35 heavy (non-hydrogen) atoms. The molecule has 12 heteroatoms. The highest BCUT2D eigenvalue weighted by Crippen LogP contribution is 2.12. The maximum absolute atomic E-state index is 12.9. The molecule has 0 heterocycles. The molecule has 0 saturated heterocycles. The highest BCUT2D eigenvalue weighted by Gasteiger charge is 2.29. The van der Waals surface area contributed by atoms with Crippen LogP contribution in [0.4, 0.5) is 0 Å². The average Bonchev–Trinajstić information content (AvgIpc) is 2.78. The largest absolute Gasteiger partial charge is 0.481 e. The van der Waals surface area contributed by atoms with Gasteiger partial charge in [0.2, 0.25) is 5.91 Å². The lowest BCUT2D eigenvalue weighted by molar-refractivity contribution is -0.142. The molecule has 11 N–H and O–H groups in total. The summed E-state index contributed by atoms with van der Waals surface area (Å²) in [4.78, 5) is 41.5. The summed E-state index contributed by atoms with van der Waals surface area (Å²) in [6, 6.07) is -1.33. The van der Waals surface area contributed by atoms with Gasteiger partial charge >= 0.3 is 5.97 Å². The minimum atomic E-state index is -1.29. The van der Waals surface area contributed by atoms with Crippen LogP contribution < -0.4 is 28.3 Å². The highest BCUT2D eigenvalue weighted by atomic mass is 16.4. The standard InChI is InChI=1S/C23H46N8O4/c1-3-16(2)17(24)11-10-14-31(23(27)28)21(35)18(15-20(33)34)30-19(32)12-8-6-4-5-7-9-13-29-22(25)26/h16-18H,3-15,24H2,1-2H3,(H3,27,28)(H,30,32)(H,33,34)(H4,25,26,29)/t16?,17-,18-/m0/s1. The van der Waals surface area contributed by atoms with Gasteiger partial charge in [0.1, 0.15) is 6.04 Å². The lowest BCUT2D eigenvalue weighted by Crippen LogP contribution is -2.53. The average molecular weight is 499 g/mol. The van der Waals surface area contributed by atoms with E-state index in [-0.39, 0.29) is 25.0 Å². The number of hydrogen-bond donors (Lipinski definition) is 7. The molecule has 0 rings (SSSR count). The normalized spacial score (nSPS) is 13.3. The zero-order valence-corrected chi connectivity index (χ0v) is 21.3. The number of hydrogen-bond acceptors (Lipinski definition) is 6. The van der Waals surface area contributed by atoms with Gasteiger partial charge in [-0.3, -0.25) is 29.7 Å². The van der Waals surface area contributed by atoms with Gasteiger partial charge in [-0.2, -0.15) is 0 Å². The van der Waals surface area contributed by atoms with Crippen LogP contribution in [0.15, 0.2) is 4.99 Å². The lowest BCUT2D eigenvalue weighted by atomic mass is 9.96. The molecule has 0 aromatic carbocycles. The fourth-order valence-corrected chi connectivity index (χ4v) is 3.56. The second kappa shape index (κ2) is 18.4. The van der Waals surface area contributed by atoms with Gasteiger partial charge in [0.15, 0.2) is 11.9 Å². The van der Waals surface area contributed by atoms with Crippen LogP contribution in [0.25, 0.3) is 0 Å². The number of carboxylic acids is 1. The Kier molecular flexibility index (Phi) is 16.9. The quantitative estimate of drug-likeness (QED) is 0.0764. The van der Waals surface area contributed by atoms with E-state index in [1.54, 1.807) is 0 Å². The van der Waals surface area contributed by atoms with E-state index >= 15 is 0 Å². The van der Waals surface area contributed by atoms with Gasteiger partial charge in [-0.1, -0.05) is 46.0 Å². The smallest absolute Gasteiger partial charge is 0.305 e. The van der Waals surface area contributed by atoms with Crippen molar-refractivity contribution in [3.05, 3.63) is 0 Å². The summed E-state index contributed by atoms with van der Waals surface area (Å²) in [6.45, 7) is 4.83. The van der Waals surface area contributed by atoms with E-state index in [1.807, 2.05) is 13.8 Å². The maximum Gasteiger partial charge on any atom is 0.305 e. The summed E-state index contributed by atoms with van der Waals surface area (Å²) in [5.41, 5.74) is 22.3. The summed E-state index contributed by atoms with van der Waals surface area (Å²) in [5, 5.41) is 19.5. The van der Waals surface area contributed by atoms with Crippen molar-refractivity contribution in [2.45, 2.75) is 96.6 Å². The number of carboxylic acid groups (broad SMARTS) is 1. The van der Waals surface area contributed by atoms with E-state index in [2.05, 4.69) is 10.3 Å². The van der Waals surface area contributed by atoms with Crippen LogP contribution in [0.3, 0.4) is 0 Å². The number of aliphatic carboxylic acids is 1. The maximum atomic E-state index is 12.9. The Morgan fingerprint density at radius 1 is 1.03 bits per heavy atom. The zero-order chi connectivity index (χ0) is 26.8. The van der Waals surface area contributed by atoms with Gasteiger partial charge in [0.05, 0.1) is 6.42 Å². The highest BCUT2D eigenvalue weighted by molar-refractivity contribution is 6.00. The van der Waals surface area contributed by atoms with Crippen molar-refractivity contribution in [2.75, 3.05) is 13.1 Å². The fraction of sp³-hybridized carbons (Fsp3) is 0.783. The number of guanidine groups is 2. The monoisotopic (exact) mass is 498 g/mol. The first-order chi connectivity index (χ1) is 16.5. The third-order valence-corrected chi connectivity index (χ3v) is 5.97. The number of carbonyl (C=O) groups excluding carboxylic acids is 2. The van der Waals surface area contributed by atoms with E-state index in [0.29, 0.717) is 31.7 Å². The first kappa shape index (κ1) is 32.1. The molecule has 0 aromatic rings. The van der Waals surface area contributed by atoms with Crippen LogP contribution in [0, 0.1) is 11.3 Å². The van der Waals surface area contributed by atoms with E-state index < -0.39 is 36.2 Å². The molecule has 0 bridgehead atoms. The fourth-order valence-electron chi connectivity index (χ4n) is 3.56. The SMILES string of the molecule is CCC(C)[C@@H](N)CCCN(C(=N)N)C(=O)[C@H](CC(=O)O)NC(=O)CCCCCCCCN=C(N)N. The number of unbranched alkanes of at least 4 members (excludes halogenated alkanes) is 5. The predicted molar refractivity (Wildman–Crippen MR) is 137 cm³/mol. The van der Waals surface area contributed by atoms with Crippen molar-refractivity contribution < 1.29 is 19.5 Å². The molecule has 0 saturated carbocycles. The Balaban J connectivity index is 4.63. The number of rotatable bonds is 19. The first-order valence-corrected chi connectivity index (χ1v) is 12.5. The van der Waals surface area contributed by atoms with Crippen LogP contribution in [-0.4, -0.2) is 64.9 Å². The van der Waals surface area contributed by atoms with Gasteiger partial charge < -0.3 is 33.4 Å².